The number of hydrogen-bond acceptors (Lipinski definition) is 1. The fourth-order valence-electron chi connectivity index (χ4n) is 0.767. The van der Waals surface area contributed by atoms with Crippen molar-refractivity contribution < 1.29 is 0 Å². The van der Waals surface area contributed by atoms with Gasteiger partial charge in [-0.2, -0.15) is 0 Å². The minimum atomic E-state index is 0.656. The van der Waals surface area contributed by atoms with Crippen molar-refractivity contribution in [1.29, 1.82) is 5.41 Å². The maximum Gasteiger partial charge on any atom is 0.0383 e. The Kier molecular flexibility index (Phi) is 24.2. The quantitative estimate of drug-likeness (QED) is 0.488. The maximum atomic E-state index is 7.53. The summed E-state index contributed by atoms with van der Waals surface area (Å²) in [5, 5.41) is 7.53. The lowest BCUT2D eigenvalue weighted by molar-refractivity contribution is 1.24. The average Bonchev–Trinajstić information content (AvgIpc) is 2.33. The van der Waals surface area contributed by atoms with Gasteiger partial charge in [-0.25, -0.2) is 0 Å². The third-order valence-corrected chi connectivity index (χ3v) is 1.35. The predicted octanol–water partition coefficient (Wildman–Crippen LogP) is 5.16. The summed E-state index contributed by atoms with van der Waals surface area (Å²) in [6.07, 6.45) is 8.18. The Bertz CT molecular complexity index is 197. The molecule has 0 aliphatic heterocycles. The van der Waals surface area contributed by atoms with Crippen LogP contribution in [0.2, 0.25) is 0 Å². The molecule has 0 aromatic heterocycles. The van der Waals surface area contributed by atoms with Gasteiger partial charge in [0, 0.05) is 5.71 Å². The Labute approximate surface area is 96.1 Å². The average molecular weight is 209 g/mol. The number of nitrogens with one attached hydrogen (secondary N) is 1. The molecule has 0 atom stereocenters. The highest BCUT2D eigenvalue weighted by molar-refractivity contribution is 6.00. The Morgan fingerprint density at radius 2 is 1.67 bits per heavy atom. The monoisotopic (exact) mass is 209 g/mol. The molecule has 1 N–H and O–H groups in total. The molecule has 1 nitrogen and oxygen atoms in total. The van der Waals surface area contributed by atoms with Crippen molar-refractivity contribution in [3.05, 3.63) is 36.5 Å². The first-order chi connectivity index (χ1) is 7.26. The van der Waals surface area contributed by atoms with Crippen molar-refractivity contribution in [3.63, 3.8) is 0 Å². The van der Waals surface area contributed by atoms with Gasteiger partial charge in [-0.05, 0) is 18.9 Å². The minimum Gasteiger partial charge on any atom is -0.305 e. The zero-order valence-corrected chi connectivity index (χ0v) is 11.2. The molecule has 0 saturated carbocycles. The molecule has 0 saturated heterocycles. The molecule has 0 amide bonds. The highest BCUT2D eigenvalue weighted by Gasteiger charge is 1.95. The van der Waals surface area contributed by atoms with Crippen LogP contribution in [0.15, 0.2) is 36.5 Å². The van der Waals surface area contributed by atoms with Crippen molar-refractivity contribution in [2.45, 2.75) is 48.0 Å². The highest BCUT2D eigenvalue weighted by atomic mass is 14.4. The molecule has 0 fully saturated rings. The van der Waals surface area contributed by atoms with Crippen LogP contribution in [-0.2, 0) is 0 Å². The van der Waals surface area contributed by atoms with E-state index >= 15 is 0 Å². The molecule has 0 bridgehead atoms. The van der Waals surface area contributed by atoms with Gasteiger partial charge in [-0.15, -0.1) is 0 Å². The van der Waals surface area contributed by atoms with E-state index in [1.165, 1.54) is 0 Å². The molecular formula is C14H27N. The van der Waals surface area contributed by atoms with Gasteiger partial charge in [0.1, 0.15) is 0 Å². The third kappa shape index (κ3) is 12.9. The van der Waals surface area contributed by atoms with E-state index in [1.807, 2.05) is 59.8 Å². The van der Waals surface area contributed by atoms with E-state index in [0.717, 1.165) is 12.0 Å². The Hall–Kier alpha value is -1.11. The van der Waals surface area contributed by atoms with Gasteiger partial charge in [0.05, 0.1) is 0 Å². The third-order valence-electron chi connectivity index (χ3n) is 1.35. The first-order valence-electron chi connectivity index (χ1n) is 5.79. The predicted molar refractivity (Wildman–Crippen MR) is 73.8 cm³/mol. The summed E-state index contributed by atoms with van der Waals surface area (Å²) in [5.74, 6) is 0. The first kappa shape index (κ1) is 19.5. The van der Waals surface area contributed by atoms with Gasteiger partial charge in [-0.1, -0.05) is 65.5 Å². The molecule has 0 aromatic carbocycles. The largest absolute Gasteiger partial charge is 0.305 e. The van der Waals surface area contributed by atoms with E-state index in [4.69, 9.17) is 5.41 Å². The van der Waals surface area contributed by atoms with Crippen LogP contribution in [0.5, 0.6) is 0 Å². The molecular weight excluding hydrogens is 182 g/mol. The topological polar surface area (TPSA) is 23.9 Å². The van der Waals surface area contributed by atoms with Crippen LogP contribution < -0.4 is 0 Å². The normalized spacial score (nSPS) is 9.60. The van der Waals surface area contributed by atoms with Gasteiger partial charge in [0.2, 0.25) is 0 Å². The summed E-state index contributed by atoms with van der Waals surface area (Å²) in [7, 11) is 0. The molecule has 0 radical (unpaired) electrons. The van der Waals surface area contributed by atoms with E-state index in [1.54, 1.807) is 6.08 Å². The van der Waals surface area contributed by atoms with Crippen LogP contribution >= 0.6 is 0 Å². The van der Waals surface area contributed by atoms with Gasteiger partial charge in [0.25, 0.3) is 0 Å². The van der Waals surface area contributed by atoms with E-state index in [9.17, 15) is 0 Å². The van der Waals surface area contributed by atoms with Gasteiger partial charge in [-0.3, -0.25) is 0 Å². The lowest BCUT2D eigenvalue weighted by Crippen LogP contribution is -1.95. The highest BCUT2D eigenvalue weighted by Crippen LogP contribution is 2.02. The molecule has 0 unspecified atom stereocenters. The Balaban J connectivity index is -0.000000318. The molecule has 15 heavy (non-hydrogen) atoms. The summed E-state index contributed by atoms with van der Waals surface area (Å²) in [6, 6.07) is 0. The Morgan fingerprint density at radius 1 is 1.20 bits per heavy atom. The maximum absolute atomic E-state index is 7.53. The van der Waals surface area contributed by atoms with Crippen LogP contribution in [0, 0.1) is 5.41 Å². The molecule has 1 heteroatoms. The minimum absolute atomic E-state index is 0.656. The van der Waals surface area contributed by atoms with Crippen LogP contribution in [0.1, 0.15) is 48.0 Å². The number of allylic oxidation sites excluding steroid dienone is 5. The van der Waals surface area contributed by atoms with Crippen molar-refractivity contribution in [1.82, 2.24) is 0 Å². The van der Waals surface area contributed by atoms with E-state index < -0.39 is 0 Å². The number of hydrogen-bond donors (Lipinski definition) is 1. The van der Waals surface area contributed by atoms with Crippen molar-refractivity contribution in [2.24, 2.45) is 0 Å². The van der Waals surface area contributed by atoms with Crippen LogP contribution in [0.25, 0.3) is 0 Å². The van der Waals surface area contributed by atoms with Crippen LogP contribution in [-0.4, -0.2) is 5.71 Å². The van der Waals surface area contributed by atoms with Crippen molar-refractivity contribution in [3.8, 4) is 0 Å². The van der Waals surface area contributed by atoms with Crippen LogP contribution in [0.3, 0.4) is 0 Å². The van der Waals surface area contributed by atoms with E-state index in [2.05, 4.69) is 6.58 Å². The van der Waals surface area contributed by atoms with Gasteiger partial charge in [0.15, 0.2) is 0 Å². The molecule has 0 heterocycles. The molecule has 88 valence electrons. The lowest BCUT2D eigenvalue weighted by atomic mass is 10.1. The smallest absolute Gasteiger partial charge is 0.0383 e. The molecule has 0 aliphatic carbocycles. The summed E-state index contributed by atoms with van der Waals surface area (Å²) < 4.78 is 0. The Morgan fingerprint density at radius 3 is 1.93 bits per heavy atom. The van der Waals surface area contributed by atoms with Gasteiger partial charge < -0.3 is 5.41 Å². The fourth-order valence-corrected chi connectivity index (χ4v) is 0.767. The fraction of sp³-hybridized carbons (Fsp3) is 0.500. The first-order valence-corrected chi connectivity index (χ1v) is 5.79. The second kappa shape index (κ2) is 18.6. The molecule has 0 rings (SSSR count). The summed E-state index contributed by atoms with van der Waals surface area (Å²) in [5.41, 5.74) is 1.60. The van der Waals surface area contributed by atoms with E-state index in [0.29, 0.717) is 5.71 Å². The van der Waals surface area contributed by atoms with E-state index in [-0.39, 0.29) is 0 Å². The van der Waals surface area contributed by atoms with Crippen molar-refractivity contribution >= 4 is 5.71 Å². The van der Waals surface area contributed by atoms with Crippen LogP contribution in [0.4, 0.5) is 0 Å². The second-order valence-electron chi connectivity index (χ2n) is 2.19. The summed E-state index contributed by atoms with van der Waals surface area (Å²) in [4.78, 5) is 0. The lowest BCUT2D eigenvalue weighted by Gasteiger charge is -1.98. The summed E-state index contributed by atoms with van der Waals surface area (Å²) in [6.45, 7) is 15.5. The summed E-state index contributed by atoms with van der Waals surface area (Å²) >= 11 is 0. The molecule has 0 spiro atoms. The van der Waals surface area contributed by atoms with Crippen molar-refractivity contribution in [2.75, 3.05) is 0 Å². The zero-order valence-electron chi connectivity index (χ0n) is 11.2. The standard InChI is InChI=1S/C10H15N.2C2H6/c1-4-7-9(8-5-2)10(11)6-3;2*1-2/h4-5,7-8,11H,1,6H2,2-3H3;2*1-2H3/b8-5-,9-7+,11-10?;;. The zero-order chi connectivity index (χ0) is 12.7. The van der Waals surface area contributed by atoms with Gasteiger partial charge >= 0.3 is 0 Å². The molecule has 0 aliphatic rings. The SMILES string of the molecule is C=C/C=C(\C=C/C)C(=N)CC.CC.CC. The number of rotatable bonds is 4. The second-order valence-corrected chi connectivity index (χ2v) is 2.19. The molecule has 0 aromatic rings.